The maximum atomic E-state index is 11.4. The lowest BCUT2D eigenvalue weighted by Gasteiger charge is -2.46. The van der Waals surface area contributed by atoms with Crippen molar-refractivity contribution in [1.82, 2.24) is 10.3 Å². The molecule has 122 valence electrons. The highest BCUT2D eigenvalue weighted by atomic mass is 16.7. The van der Waals surface area contributed by atoms with Crippen molar-refractivity contribution in [3.05, 3.63) is 4.91 Å². The van der Waals surface area contributed by atoms with Crippen molar-refractivity contribution in [2.75, 3.05) is 7.05 Å². The second-order valence-corrected chi connectivity index (χ2v) is 4.71. The average Bonchev–Trinajstić information content (AvgIpc) is 2.47. The summed E-state index contributed by atoms with van der Waals surface area (Å²) in [7, 11) is 1.02. The molecule has 0 spiro atoms. The Morgan fingerprint density at radius 1 is 1.43 bits per heavy atom. The van der Waals surface area contributed by atoms with Crippen molar-refractivity contribution < 1.29 is 35.1 Å². The number of aliphatic hydroxyl groups is 5. The van der Waals surface area contributed by atoms with Gasteiger partial charge in [-0.1, -0.05) is 6.92 Å². The van der Waals surface area contributed by atoms with Gasteiger partial charge in [0.05, 0.1) is 5.29 Å². The van der Waals surface area contributed by atoms with E-state index >= 15 is 0 Å². The quantitative estimate of drug-likeness (QED) is 0.184. The number of aliphatic hydroxyl groups excluding tert-OH is 4. The zero-order valence-electron chi connectivity index (χ0n) is 11.4. The molecule has 1 aliphatic rings. The van der Waals surface area contributed by atoms with E-state index in [0.29, 0.717) is 5.01 Å². The number of hydrogen-bond donors (Lipinski definition) is 6. The van der Waals surface area contributed by atoms with Gasteiger partial charge in [-0.3, -0.25) is 0 Å². The third kappa shape index (κ3) is 3.45. The molecule has 1 fully saturated rings. The summed E-state index contributed by atoms with van der Waals surface area (Å²) in [6, 6.07) is -1.09. The fraction of sp³-hybridized carbons (Fsp3) is 0.900. The van der Waals surface area contributed by atoms with Gasteiger partial charge in [0, 0.05) is 13.5 Å². The molecule has 0 aromatic heterocycles. The van der Waals surface area contributed by atoms with Gasteiger partial charge >= 0.3 is 6.03 Å². The van der Waals surface area contributed by atoms with Crippen molar-refractivity contribution in [3.63, 3.8) is 0 Å². The van der Waals surface area contributed by atoms with E-state index in [1.807, 2.05) is 5.32 Å². The number of urea groups is 1. The number of carbonyl (C=O) groups is 1. The summed E-state index contributed by atoms with van der Waals surface area (Å²) in [5.74, 6) is -2.20. The molecule has 1 saturated heterocycles. The summed E-state index contributed by atoms with van der Waals surface area (Å²) in [6.07, 6.45) is -9.02. The highest BCUT2D eigenvalue weighted by Crippen LogP contribution is 2.31. The normalized spacial score (nSPS) is 37.7. The van der Waals surface area contributed by atoms with Crippen LogP contribution in [0, 0.1) is 4.91 Å². The van der Waals surface area contributed by atoms with Crippen LogP contribution >= 0.6 is 0 Å². The van der Waals surface area contributed by atoms with Gasteiger partial charge in [0.25, 0.3) is 0 Å². The van der Waals surface area contributed by atoms with Gasteiger partial charge in [-0.15, -0.1) is 4.91 Å². The van der Waals surface area contributed by atoms with E-state index in [1.54, 1.807) is 0 Å². The minimum Gasteiger partial charge on any atom is -0.387 e. The van der Waals surface area contributed by atoms with Crippen LogP contribution in [-0.4, -0.2) is 80.1 Å². The molecule has 11 nitrogen and oxygen atoms in total. The Morgan fingerprint density at radius 2 is 2.00 bits per heavy atom. The van der Waals surface area contributed by atoms with E-state index in [9.17, 15) is 35.2 Å². The molecule has 1 aliphatic heterocycles. The first-order valence-corrected chi connectivity index (χ1v) is 6.18. The van der Waals surface area contributed by atoms with Crippen LogP contribution in [0.5, 0.6) is 0 Å². The molecule has 1 heterocycles. The molecular weight excluding hydrogens is 290 g/mol. The van der Waals surface area contributed by atoms with Crippen molar-refractivity contribution in [3.8, 4) is 0 Å². The molecule has 0 aromatic carbocycles. The van der Waals surface area contributed by atoms with Gasteiger partial charge in [0.1, 0.15) is 24.4 Å². The first-order chi connectivity index (χ1) is 9.67. The largest absolute Gasteiger partial charge is 0.387 e. The Labute approximate surface area is 119 Å². The molecule has 0 radical (unpaired) electrons. The van der Waals surface area contributed by atoms with E-state index < -0.39 is 42.5 Å². The van der Waals surface area contributed by atoms with Crippen LogP contribution in [0.1, 0.15) is 13.3 Å². The molecular formula is C10H19N3O8. The number of amides is 2. The summed E-state index contributed by atoms with van der Waals surface area (Å²) < 4.78 is 5.00. The minimum atomic E-state index is -2.20. The number of ether oxygens (including phenoxy) is 1. The van der Waals surface area contributed by atoms with E-state index in [4.69, 9.17) is 4.74 Å². The maximum Gasteiger partial charge on any atom is 0.342 e. The Bertz CT molecular complexity index is 396. The first-order valence-electron chi connectivity index (χ1n) is 6.18. The van der Waals surface area contributed by atoms with Gasteiger partial charge in [0.2, 0.25) is 0 Å². The van der Waals surface area contributed by atoms with Crippen LogP contribution in [-0.2, 0) is 4.74 Å². The smallest absolute Gasteiger partial charge is 0.342 e. The lowest BCUT2D eigenvalue weighted by Crippen LogP contribution is -2.68. The van der Waals surface area contributed by atoms with Crippen molar-refractivity contribution in [1.29, 1.82) is 0 Å². The van der Waals surface area contributed by atoms with Gasteiger partial charge in [-0.25, -0.2) is 4.79 Å². The molecule has 0 aromatic rings. The maximum absolute atomic E-state index is 11.4. The van der Waals surface area contributed by atoms with E-state index in [2.05, 4.69) is 5.29 Å². The third-order valence-electron chi connectivity index (χ3n) is 3.32. The van der Waals surface area contributed by atoms with E-state index in [-0.39, 0.29) is 6.42 Å². The zero-order chi connectivity index (χ0) is 16.4. The molecule has 2 amide bonds. The molecule has 11 heteroatoms. The lowest BCUT2D eigenvalue weighted by molar-refractivity contribution is -0.358. The molecule has 21 heavy (non-hydrogen) atoms. The van der Waals surface area contributed by atoms with Crippen molar-refractivity contribution in [2.45, 2.75) is 49.8 Å². The lowest BCUT2D eigenvalue weighted by atomic mass is 9.90. The molecule has 1 unspecified atom stereocenters. The molecule has 6 N–H and O–H groups in total. The predicted molar refractivity (Wildman–Crippen MR) is 66.2 cm³/mol. The highest BCUT2D eigenvalue weighted by Gasteiger charge is 2.53. The van der Waals surface area contributed by atoms with Gasteiger partial charge in [-0.05, 0) is 0 Å². The average molecular weight is 309 g/mol. The zero-order valence-corrected chi connectivity index (χ0v) is 11.4. The van der Waals surface area contributed by atoms with Crippen molar-refractivity contribution >= 4 is 6.03 Å². The molecule has 6 atom stereocenters. The fourth-order valence-corrected chi connectivity index (χ4v) is 1.91. The summed E-state index contributed by atoms with van der Waals surface area (Å²) in [5.41, 5.74) is 0. The topological polar surface area (TPSA) is 172 Å². The van der Waals surface area contributed by atoms with Crippen molar-refractivity contribution in [2.24, 2.45) is 5.29 Å². The molecule has 0 bridgehead atoms. The first kappa shape index (κ1) is 17.7. The molecule has 0 saturated carbocycles. The molecule has 1 rings (SSSR count). The van der Waals surface area contributed by atoms with Crippen LogP contribution in [0.15, 0.2) is 5.29 Å². The Morgan fingerprint density at radius 3 is 2.48 bits per heavy atom. The number of nitrogens with one attached hydrogen (secondary N) is 1. The number of hydrogen-bond acceptors (Lipinski definition) is 9. The monoisotopic (exact) mass is 309 g/mol. The van der Waals surface area contributed by atoms with E-state index in [0.717, 1.165) is 7.05 Å². The van der Waals surface area contributed by atoms with Crippen LogP contribution in [0.3, 0.4) is 0 Å². The second-order valence-electron chi connectivity index (χ2n) is 4.71. The fourth-order valence-electron chi connectivity index (χ4n) is 1.91. The van der Waals surface area contributed by atoms with Crippen LogP contribution in [0.25, 0.3) is 0 Å². The predicted octanol–water partition coefficient (Wildman–Crippen LogP) is -2.79. The standard InChI is InChI=1S/C10H19N3O8/c1-3-10(19)7(16)5(15)4(14)6(21-10)8(17)11-9(18)13(2)12-20/h4-8,14-17,19H,3H2,1-2H3,(H,11,18)/t4-,5-,6-,7+,8?,10+/m0/s1. The Kier molecular flexibility index (Phi) is 5.55. The van der Waals surface area contributed by atoms with Crippen LogP contribution in [0.2, 0.25) is 0 Å². The number of rotatable bonds is 4. The summed E-state index contributed by atoms with van der Waals surface area (Å²) >= 11 is 0. The van der Waals surface area contributed by atoms with Gasteiger partial charge < -0.3 is 35.6 Å². The molecule has 0 aliphatic carbocycles. The minimum absolute atomic E-state index is 0.148. The van der Waals surface area contributed by atoms with Crippen LogP contribution < -0.4 is 5.32 Å². The summed E-state index contributed by atoms with van der Waals surface area (Å²) in [5, 5.41) is 53.4. The third-order valence-corrected chi connectivity index (χ3v) is 3.32. The summed E-state index contributed by atoms with van der Waals surface area (Å²) in [4.78, 5) is 21.5. The van der Waals surface area contributed by atoms with E-state index in [1.165, 1.54) is 6.92 Å². The number of nitrogens with zero attached hydrogens (tertiary/aromatic N) is 2. The SMILES string of the molecule is CC[C@@]1(O)O[C@H](C(O)NC(=O)N(C)N=O)[C@@H](O)[C@H](O)[C@H]1O. The highest BCUT2D eigenvalue weighted by molar-refractivity contribution is 5.73. The Balaban J connectivity index is 2.85. The van der Waals surface area contributed by atoms with Crippen LogP contribution in [0.4, 0.5) is 4.79 Å². The number of carbonyl (C=O) groups excluding carboxylic acids is 1. The second kappa shape index (κ2) is 6.60. The van der Waals surface area contributed by atoms with Gasteiger partial charge in [-0.2, -0.15) is 5.01 Å². The van der Waals surface area contributed by atoms with Gasteiger partial charge in [0.15, 0.2) is 12.0 Å². The Hall–Kier alpha value is -1.37. The summed E-state index contributed by atoms with van der Waals surface area (Å²) in [6.45, 7) is 1.44. The number of nitroso groups, excluding NO2 is 1.